The lowest BCUT2D eigenvalue weighted by molar-refractivity contribution is -0.143. The van der Waals surface area contributed by atoms with Crippen molar-refractivity contribution in [3.63, 3.8) is 0 Å². The Labute approximate surface area is 242 Å². The fourth-order valence-corrected chi connectivity index (χ4v) is 6.20. The number of aliphatic carboxylic acids is 1. The van der Waals surface area contributed by atoms with Gasteiger partial charge in [-0.2, -0.15) is 13.2 Å². The van der Waals surface area contributed by atoms with Crippen molar-refractivity contribution in [1.82, 2.24) is 5.32 Å². The minimum Gasteiger partial charge on any atom is -0.480 e. The molecule has 2 saturated carbocycles. The van der Waals surface area contributed by atoms with Gasteiger partial charge in [0.2, 0.25) is 5.91 Å². The van der Waals surface area contributed by atoms with Crippen LogP contribution in [0.4, 0.5) is 29.3 Å². The van der Waals surface area contributed by atoms with Gasteiger partial charge in [-0.1, -0.05) is 32.0 Å². The van der Waals surface area contributed by atoms with Gasteiger partial charge in [0, 0.05) is 29.6 Å². The number of halogens is 3. The Bertz CT molecular complexity index is 1310. The van der Waals surface area contributed by atoms with E-state index in [1.54, 1.807) is 26.0 Å². The number of nitrogens with one attached hydrogen (secondary N) is 3. The summed E-state index contributed by atoms with van der Waals surface area (Å²) in [6.45, 7) is 3.44. The highest BCUT2D eigenvalue weighted by Crippen LogP contribution is 2.46. The molecule has 0 saturated heterocycles. The Kier molecular flexibility index (Phi) is 9.58. The van der Waals surface area contributed by atoms with E-state index >= 15 is 0 Å². The molecule has 2 fully saturated rings. The van der Waals surface area contributed by atoms with Gasteiger partial charge >= 0.3 is 18.2 Å². The largest absolute Gasteiger partial charge is 0.480 e. The number of benzene rings is 2. The molecule has 11 heteroatoms. The highest BCUT2D eigenvalue weighted by atomic mass is 19.4. The van der Waals surface area contributed by atoms with Crippen LogP contribution in [-0.4, -0.2) is 34.8 Å². The molecule has 3 amide bonds. The zero-order valence-corrected chi connectivity index (χ0v) is 23.5. The van der Waals surface area contributed by atoms with Gasteiger partial charge in [0.05, 0.1) is 5.56 Å². The molecule has 4 N–H and O–H groups in total. The number of anilines is 2. The molecule has 0 heterocycles. The van der Waals surface area contributed by atoms with Crippen LogP contribution in [0.3, 0.4) is 0 Å². The van der Waals surface area contributed by atoms with Gasteiger partial charge in [0.15, 0.2) is 0 Å². The third kappa shape index (κ3) is 7.68. The summed E-state index contributed by atoms with van der Waals surface area (Å²) in [5.41, 5.74) is 0.754. The third-order valence-electron chi connectivity index (χ3n) is 8.40. The van der Waals surface area contributed by atoms with E-state index in [1.807, 2.05) is 12.1 Å². The van der Waals surface area contributed by atoms with Gasteiger partial charge in [0.25, 0.3) is 0 Å². The van der Waals surface area contributed by atoms with Crippen molar-refractivity contribution in [2.45, 2.75) is 70.5 Å². The first-order valence-corrected chi connectivity index (χ1v) is 14.2. The number of rotatable bonds is 8. The Balaban J connectivity index is 1.28. The summed E-state index contributed by atoms with van der Waals surface area (Å²) in [4.78, 5) is 49.5. The number of amides is 3. The summed E-state index contributed by atoms with van der Waals surface area (Å²) in [6.07, 6.45) is -0.702. The maximum absolute atomic E-state index is 13.2. The van der Waals surface area contributed by atoms with Gasteiger partial charge in [-0.25, -0.2) is 9.59 Å². The van der Waals surface area contributed by atoms with Crippen LogP contribution in [0.15, 0.2) is 48.5 Å². The highest BCUT2D eigenvalue weighted by Gasteiger charge is 2.42. The predicted octanol–water partition coefficient (Wildman–Crippen LogP) is 6.44. The molecule has 2 aromatic carbocycles. The smallest absolute Gasteiger partial charge is 0.416 e. The zero-order valence-electron chi connectivity index (χ0n) is 23.5. The Hall–Kier alpha value is -3.89. The summed E-state index contributed by atoms with van der Waals surface area (Å²) in [5, 5.41) is 16.9. The lowest BCUT2D eigenvalue weighted by Crippen LogP contribution is -2.46. The van der Waals surface area contributed by atoms with Crippen LogP contribution in [0.25, 0.3) is 0 Å². The quantitative estimate of drug-likeness (QED) is 0.283. The number of ketones is 1. The number of hydrogen-bond acceptors (Lipinski definition) is 4. The van der Waals surface area contributed by atoms with Crippen molar-refractivity contribution in [3.05, 3.63) is 59.7 Å². The first-order chi connectivity index (χ1) is 19.8. The van der Waals surface area contributed by atoms with Crippen molar-refractivity contribution in [1.29, 1.82) is 0 Å². The predicted molar refractivity (Wildman–Crippen MR) is 151 cm³/mol. The molecule has 0 aromatic heterocycles. The normalized spacial score (nSPS) is 23.0. The number of fused-ring (bicyclic) bond motifs is 1. The number of carboxylic acids is 1. The molecular weight excluding hydrogens is 551 g/mol. The molecule has 2 aliphatic rings. The topological polar surface area (TPSA) is 125 Å². The number of Topliss-reactive ketones (excluding diaryl/α,β-unsaturated/α-hetero) is 1. The van der Waals surface area contributed by atoms with Crippen molar-refractivity contribution >= 4 is 35.1 Å². The van der Waals surface area contributed by atoms with Crippen LogP contribution in [0.2, 0.25) is 0 Å². The van der Waals surface area contributed by atoms with Crippen LogP contribution in [0.5, 0.6) is 0 Å². The molecule has 2 aliphatic carbocycles. The summed E-state index contributed by atoms with van der Waals surface area (Å²) >= 11 is 0. The van der Waals surface area contributed by atoms with Crippen molar-refractivity contribution in [2.75, 3.05) is 10.6 Å². The van der Waals surface area contributed by atoms with E-state index in [4.69, 9.17) is 0 Å². The number of alkyl halides is 3. The SMILES string of the molecule is CC(C)[C@H](NC(=O)CC1CCC2CC(c3ccc(NC(=O)Nc4cccc(C(F)(F)F)c4)cc3)CCC2C1=O)C(=O)O. The monoisotopic (exact) mass is 587 g/mol. The fourth-order valence-electron chi connectivity index (χ4n) is 6.20. The number of hydrogen-bond donors (Lipinski definition) is 4. The summed E-state index contributed by atoms with van der Waals surface area (Å²) in [7, 11) is 0. The van der Waals surface area contributed by atoms with Crippen molar-refractivity contribution in [2.24, 2.45) is 23.7 Å². The van der Waals surface area contributed by atoms with E-state index in [0.717, 1.165) is 43.4 Å². The Morgan fingerprint density at radius 1 is 0.952 bits per heavy atom. The number of carboxylic acid groups (broad SMARTS) is 1. The molecule has 0 radical (unpaired) electrons. The van der Waals surface area contributed by atoms with E-state index in [0.29, 0.717) is 12.1 Å². The molecule has 4 rings (SSSR count). The lowest BCUT2D eigenvalue weighted by Gasteiger charge is -2.41. The Morgan fingerprint density at radius 2 is 1.64 bits per heavy atom. The number of urea groups is 1. The molecule has 4 unspecified atom stereocenters. The number of carbonyl (C=O) groups is 4. The van der Waals surface area contributed by atoms with E-state index in [2.05, 4.69) is 16.0 Å². The van der Waals surface area contributed by atoms with Crippen LogP contribution >= 0.6 is 0 Å². The zero-order chi connectivity index (χ0) is 30.6. The van der Waals surface area contributed by atoms with Gasteiger partial charge in [-0.05, 0) is 85.8 Å². The average Bonchev–Trinajstić information content (AvgIpc) is 2.93. The van der Waals surface area contributed by atoms with E-state index in [1.165, 1.54) is 12.1 Å². The van der Waals surface area contributed by atoms with E-state index < -0.39 is 41.6 Å². The van der Waals surface area contributed by atoms with E-state index in [9.17, 15) is 37.5 Å². The minimum absolute atomic E-state index is 0.0117. The molecule has 0 bridgehead atoms. The van der Waals surface area contributed by atoms with Crippen molar-refractivity contribution < 1.29 is 37.5 Å². The molecule has 8 nitrogen and oxygen atoms in total. The first-order valence-electron chi connectivity index (χ1n) is 14.2. The molecule has 5 atom stereocenters. The highest BCUT2D eigenvalue weighted by molar-refractivity contribution is 5.99. The average molecular weight is 588 g/mol. The molecular formula is C31H36F3N3O5. The van der Waals surface area contributed by atoms with Crippen LogP contribution in [0, 0.1) is 23.7 Å². The van der Waals surface area contributed by atoms with Crippen LogP contribution in [-0.2, 0) is 20.6 Å². The van der Waals surface area contributed by atoms with Crippen LogP contribution in [0.1, 0.15) is 69.4 Å². The van der Waals surface area contributed by atoms with Crippen LogP contribution < -0.4 is 16.0 Å². The molecule has 226 valence electrons. The Morgan fingerprint density at radius 3 is 2.29 bits per heavy atom. The fraction of sp³-hybridized carbons (Fsp3) is 0.484. The molecule has 42 heavy (non-hydrogen) atoms. The third-order valence-corrected chi connectivity index (χ3v) is 8.40. The second-order valence-corrected chi connectivity index (χ2v) is 11.7. The maximum Gasteiger partial charge on any atom is 0.416 e. The van der Waals surface area contributed by atoms with Gasteiger partial charge in [-0.3, -0.25) is 9.59 Å². The second kappa shape index (κ2) is 13.0. The minimum atomic E-state index is -4.51. The lowest BCUT2D eigenvalue weighted by atomic mass is 9.62. The summed E-state index contributed by atoms with van der Waals surface area (Å²) in [5.74, 6) is -1.69. The summed E-state index contributed by atoms with van der Waals surface area (Å²) < 4.78 is 38.8. The van der Waals surface area contributed by atoms with Crippen molar-refractivity contribution in [3.8, 4) is 0 Å². The second-order valence-electron chi connectivity index (χ2n) is 11.7. The summed E-state index contributed by atoms with van der Waals surface area (Å²) in [6, 6.07) is 10.1. The number of carbonyl (C=O) groups excluding carboxylic acids is 3. The molecule has 0 spiro atoms. The van der Waals surface area contributed by atoms with Gasteiger partial charge < -0.3 is 21.1 Å². The molecule has 2 aromatic rings. The first kappa shape index (κ1) is 31.1. The van der Waals surface area contributed by atoms with E-state index in [-0.39, 0.29) is 41.6 Å². The van der Waals surface area contributed by atoms with Gasteiger partial charge in [-0.15, -0.1) is 0 Å². The molecule has 0 aliphatic heterocycles. The van der Waals surface area contributed by atoms with Gasteiger partial charge in [0.1, 0.15) is 11.8 Å². The standard InChI is InChI=1S/C31H36F3N3O5/c1-17(2)27(29(40)41)37-26(38)15-21-7-6-20-14-19(10-13-25(20)28(21)39)18-8-11-23(12-9-18)35-30(42)36-24-5-3-4-22(16-24)31(32,33)34/h3-5,8-9,11-12,16-17,19-21,25,27H,6-7,10,13-15H2,1-2H3,(H,37,38)(H,40,41)(H2,35,36,42)/t19?,20?,21?,25?,27-/m0/s1. The maximum atomic E-state index is 13.2.